The molecule has 1 fully saturated rings. The molecule has 3 nitrogen and oxygen atoms in total. The highest BCUT2D eigenvalue weighted by atomic mass is 16.5. The van der Waals surface area contributed by atoms with Crippen LogP contribution < -0.4 is 0 Å². The first-order valence-corrected chi connectivity index (χ1v) is 11.0. The monoisotopic (exact) mass is 393 g/mol. The molecule has 1 aliphatic rings. The molecule has 0 spiro atoms. The van der Waals surface area contributed by atoms with Crippen LogP contribution in [0.4, 0.5) is 0 Å². The number of ether oxygens (including phenoxy) is 1. The number of carbonyl (C=O) groups is 1. The minimum atomic E-state index is -0.0705. The van der Waals surface area contributed by atoms with E-state index in [0.717, 1.165) is 32.4 Å². The van der Waals surface area contributed by atoms with E-state index in [1.807, 2.05) is 30.0 Å². The Morgan fingerprint density at radius 1 is 1.10 bits per heavy atom. The molecule has 3 heteroatoms. The van der Waals surface area contributed by atoms with Crippen molar-refractivity contribution in [1.82, 2.24) is 4.90 Å². The van der Waals surface area contributed by atoms with Gasteiger partial charge in [-0.1, -0.05) is 67.6 Å². The van der Waals surface area contributed by atoms with Gasteiger partial charge in [0.2, 0.25) is 5.91 Å². The molecular formula is C26H35NO2. The molecular weight excluding hydrogens is 358 g/mol. The summed E-state index contributed by atoms with van der Waals surface area (Å²) in [5.74, 6) is 1.26. The summed E-state index contributed by atoms with van der Waals surface area (Å²) in [7, 11) is 0. The highest BCUT2D eigenvalue weighted by molar-refractivity contribution is 5.75. The van der Waals surface area contributed by atoms with Crippen LogP contribution in [-0.2, 0) is 16.1 Å². The highest BCUT2D eigenvalue weighted by Crippen LogP contribution is 2.40. The van der Waals surface area contributed by atoms with Crippen LogP contribution in [0.25, 0.3) is 0 Å². The second-order valence-electron chi connectivity index (χ2n) is 8.82. The number of rotatable bonds is 8. The van der Waals surface area contributed by atoms with Gasteiger partial charge in [0, 0.05) is 26.1 Å². The van der Waals surface area contributed by atoms with Gasteiger partial charge in [-0.15, -0.1) is 0 Å². The van der Waals surface area contributed by atoms with Gasteiger partial charge in [0.05, 0.1) is 5.60 Å². The molecule has 2 aromatic rings. The number of hydrogen-bond donors (Lipinski definition) is 0. The molecule has 3 rings (SSSR count). The second-order valence-corrected chi connectivity index (χ2v) is 8.82. The van der Waals surface area contributed by atoms with Gasteiger partial charge in [-0.25, -0.2) is 0 Å². The smallest absolute Gasteiger partial charge is 0.222 e. The van der Waals surface area contributed by atoms with Crippen molar-refractivity contribution < 1.29 is 9.53 Å². The van der Waals surface area contributed by atoms with Crippen molar-refractivity contribution in [3.63, 3.8) is 0 Å². The maximum atomic E-state index is 12.7. The minimum absolute atomic E-state index is 0.0705. The van der Waals surface area contributed by atoms with Crippen LogP contribution in [0.5, 0.6) is 0 Å². The first-order valence-electron chi connectivity index (χ1n) is 11.0. The Morgan fingerprint density at radius 3 is 2.38 bits per heavy atom. The molecule has 29 heavy (non-hydrogen) atoms. The first-order chi connectivity index (χ1) is 14.0. The maximum absolute atomic E-state index is 12.7. The Hall–Kier alpha value is -2.13. The number of amides is 1. The van der Waals surface area contributed by atoms with E-state index in [9.17, 15) is 4.79 Å². The summed E-state index contributed by atoms with van der Waals surface area (Å²) in [6.45, 7) is 8.65. The summed E-state index contributed by atoms with van der Waals surface area (Å²) in [5.41, 5.74) is 2.51. The van der Waals surface area contributed by atoms with Crippen molar-refractivity contribution in [2.75, 3.05) is 13.2 Å². The molecule has 0 radical (unpaired) electrons. The largest absolute Gasteiger partial charge is 0.376 e. The van der Waals surface area contributed by atoms with Crippen molar-refractivity contribution in [1.29, 1.82) is 0 Å². The second kappa shape index (κ2) is 10.1. The minimum Gasteiger partial charge on any atom is -0.376 e. The summed E-state index contributed by atoms with van der Waals surface area (Å²) in [6.07, 6.45) is 3.69. The van der Waals surface area contributed by atoms with Crippen LogP contribution in [0.1, 0.15) is 63.5 Å². The molecule has 1 heterocycles. The molecule has 0 saturated carbocycles. The SMILES string of the molecule is CCC(=O)N(CC[C@H](c1ccccc1)[C@@H]1CCOC(C)(C)C1)Cc1ccccc1. The Bertz CT molecular complexity index is 757. The number of benzene rings is 2. The van der Waals surface area contributed by atoms with E-state index in [2.05, 4.69) is 56.3 Å². The molecule has 2 aromatic carbocycles. The molecule has 1 amide bonds. The lowest BCUT2D eigenvalue weighted by atomic mass is 9.75. The topological polar surface area (TPSA) is 29.5 Å². The Balaban J connectivity index is 1.76. The quantitative estimate of drug-likeness (QED) is 0.567. The number of carbonyl (C=O) groups excluding carboxylic acids is 1. The van der Waals surface area contributed by atoms with E-state index < -0.39 is 0 Å². The Kier molecular flexibility index (Phi) is 7.49. The van der Waals surface area contributed by atoms with Crippen LogP contribution in [0.3, 0.4) is 0 Å². The fourth-order valence-corrected chi connectivity index (χ4v) is 4.61. The van der Waals surface area contributed by atoms with Gasteiger partial charge >= 0.3 is 0 Å². The highest BCUT2D eigenvalue weighted by Gasteiger charge is 2.34. The zero-order valence-corrected chi connectivity index (χ0v) is 18.1. The Morgan fingerprint density at radius 2 is 1.76 bits per heavy atom. The van der Waals surface area contributed by atoms with Crippen molar-refractivity contribution in [3.8, 4) is 0 Å². The third-order valence-corrected chi connectivity index (χ3v) is 6.11. The van der Waals surface area contributed by atoms with Gasteiger partial charge in [-0.2, -0.15) is 0 Å². The fraction of sp³-hybridized carbons (Fsp3) is 0.500. The first kappa shape index (κ1) is 21.6. The lowest BCUT2D eigenvalue weighted by Crippen LogP contribution is -2.37. The van der Waals surface area contributed by atoms with E-state index in [0.29, 0.717) is 24.8 Å². The summed E-state index contributed by atoms with van der Waals surface area (Å²) < 4.78 is 5.98. The van der Waals surface area contributed by atoms with Crippen molar-refractivity contribution in [3.05, 3.63) is 71.8 Å². The summed E-state index contributed by atoms with van der Waals surface area (Å²) in [5, 5.41) is 0. The van der Waals surface area contributed by atoms with E-state index in [1.165, 1.54) is 11.1 Å². The Labute approximate surface area is 176 Å². The van der Waals surface area contributed by atoms with E-state index >= 15 is 0 Å². The van der Waals surface area contributed by atoms with Gasteiger partial charge in [-0.05, 0) is 56.1 Å². The van der Waals surface area contributed by atoms with Crippen molar-refractivity contribution >= 4 is 5.91 Å². The predicted molar refractivity (Wildman–Crippen MR) is 119 cm³/mol. The summed E-state index contributed by atoms with van der Waals surface area (Å²) >= 11 is 0. The van der Waals surface area contributed by atoms with Crippen LogP contribution in [-0.4, -0.2) is 29.6 Å². The molecule has 2 atom stereocenters. The molecule has 1 aliphatic heterocycles. The standard InChI is InChI=1S/C26H35NO2/c1-4-25(28)27(20-21-11-7-5-8-12-21)17-15-24(22-13-9-6-10-14-22)23-16-18-29-26(2,3)19-23/h5-14,23-24H,4,15-20H2,1-3H3/t23-,24-/m1/s1. The molecule has 1 saturated heterocycles. The average Bonchev–Trinajstić information content (AvgIpc) is 2.73. The molecule has 0 aliphatic carbocycles. The zero-order chi connectivity index (χ0) is 20.7. The van der Waals surface area contributed by atoms with E-state index in [4.69, 9.17) is 4.74 Å². The van der Waals surface area contributed by atoms with Crippen LogP contribution in [0.2, 0.25) is 0 Å². The number of hydrogen-bond acceptors (Lipinski definition) is 2. The lowest BCUT2D eigenvalue weighted by Gasteiger charge is -2.40. The van der Waals surface area contributed by atoms with Crippen LogP contribution in [0.15, 0.2) is 60.7 Å². The zero-order valence-electron chi connectivity index (χ0n) is 18.1. The van der Waals surface area contributed by atoms with E-state index in [1.54, 1.807) is 0 Å². The third-order valence-electron chi connectivity index (χ3n) is 6.11. The molecule has 0 unspecified atom stereocenters. The van der Waals surface area contributed by atoms with Crippen molar-refractivity contribution in [2.24, 2.45) is 5.92 Å². The maximum Gasteiger partial charge on any atom is 0.222 e. The molecule has 0 bridgehead atoms. The molecule has 0 aromatic heterocycles. The third kappa shape index (κ3) is 6.17. The number of nitrogens with zero attached hydrogens (tertiary/aromatic N) is 1. The molecule has 156 valence electrons. The van der Waals surface area contributed by atoms with Gasteiger partial charge in [0.15, 0.2) is 0 Å². The summed E-state index contributed by atoms with van der Waals surface area (Å²) in [4.78, 5) is 14.7. The normalized spacial score (nSPS) is 19.5. The van der Waals surface area contributed by atoms with Gasteiger partial charge in [-0.3, -0.25) is 4.79 Å². The van der Waals surface area contributed by atoms with Gasteiger partial charge < -0.3 is 9.64 Å². The van der Waals surface area contributed by atoms with Crippen LogP contribution >= 0.6 is 0 Å². The lowest BCUT2D eigenvalue weighted by molar-refractivity contribution is -0.131. The van der Waals surface area contributed by atoms with Crippen molar-refractivity contribution in [2.45, 2.75) is 64.5 Å². The summed E-state index contributed by atoms with van der Waals surface area (Å²) in [6, 6.07) is 21.1. The van der Waals surface area contributed by atoms with Crippen LogP contribution in [0, 0.1) is 5.92 Å². The molecule has 0 N–H and O–H groups in total. The average molecular weight is 394 g/mol. The predicted octanol–water partition coefficient (Wildman–Crippen LogP) is 5.80. The van der Waals surface area contributed by atoms with Gasteiger partial charge in [0.25, 0.3) is 0 Å². The van der Waals surface area contributed by atoms with E-state index in [-0.39, 0.29) is 11.5 Å². The van der Waals surface area contributed by atoms with Gasteiger partial charge in [0.1, 0.15) is 0 Å². The fourth-order valence-electron chi connectivity index (χ4n) is 4.61.